The summed E-state index contributed by atoms with van der Waals surface area (Å²) in [5.41, 5.74) is 2.37. The van der Waals surface area contributed by atoms with E-state index in [1.165, 1.54) is 29.3 Å². The Balaban J connectivity index is 1.47. The van der Waals surface area contributed by atoms with Crippen LogP contribution in [0, 0.1) is 10.1 Å². The number of non-ortho nitro benzene ring substituents is 1. The molecule has 0 radical (unpaired) electrons. The molecule has 0 spiro atoms. The minimum atomic E-state index is -0.814. The first-order valence-corrected chi connectivity index (χ1v) is 11.6. The third-order valence-electron chi connectivity index (χ3n) is 6.30. The number of methoxy groups -OCH3 is 1. The molecule has 2 aliphatic heterocycles. The number of Topliss-reactive ketones (excluding diaryl/α,β-unsaturated/α-hetero) is 1. The Kier molecular flexibility index (Phi) is 6.18. The Hall–Kier alpha value is -4.57. The molecule has 0 aromatic heterocycles. The Morgan fingerprint density at radius 1 is 1.11 bits per heavy atom. The molecule has 0 saturated heterocycles. The lowest BCUT2D eigenvalue weighted by Gasteiger charge is -2.25. The molecular weight excluding hydrogens is 500 g/mol. The van der Waals surface area contributed by atoms with Gasteiger partial charge in [-0.1, -0.05) is 23.7 Å². The van der Waals surface area contributed by atoms with Gasteiger partial charge in [-0.3, -0.25) is 29.4 Å². The predicted octanol–water partition coefficient (Wildman–Crippen LogP) is 4.16. The molecule has 5 rings (SSSR count). The third-order valence-corrected chi connectivity index (χ3v) is 6.54. The minimum Gasteiger partial charge on any atom is -0.497 e. The summed E-state index contributed by atoms with van der Waals surface area (Å²) in [4.78, 5) is 50.3. The smallest absolute Gasteiger partial charge is 0.299 e. The third kappa shape index (κ3) is 4.43. The number of hydrogen-bond acceptors (Lipinski definition) is 7. The molecule has 0 N–H and O–H groups in total. The largest absolute Gasteiger partial charge is 0.497 e. The Labute approximate surface area is 215 Å². The van der Waals surface area contributed by atoms with Crippen LogP contribution in [0.2, 0.25) is 5.02 Å². The van der Waals surface area contributed by atoms with Crippen LogP contribution in [0.1, 0.15) is 33.9 Å². The van der Waals surface area contributed by atoms with Crippen molar-refractivity contribution in [2.75, 3.05) is 18.6 Å². The first-order valence-electron chi connectivity index (χ1n) is 11.2. The average molecular weight is 519 g/mol. The van der Waals surface area contributed by atoms with Crippen molar-refractivity contribution in [3.63, 3.8) is 0 Å². The molecule has 0 aliphatic carbocycles. The normalized spacial score (nSPS) is 16.6. The maximum Gasteiger partial charge on any atom is 0.299 e. The number of hydrazone groups is 1. The van der Waals surface area contributed by atoms with Gasteiger partial charge >= 0.3 is 0 Å². The molecule has 2 aliphatic rings. The molecule has 11 heteroatoms. The van der Waals surface area contributed by atoms with Crippen LogP contribution >= 0.6 is 11.6 Å². The molecule has 1 atom stereocenters. The highest BCUT2D eigenvalue weighted by Crippen LogP contribution is 2.36. The van der Waals surface area contributed by atoms with Gasteiger partial charge in [0.1, 0.15) is 12.3 Å². The van der Waals surface area contributed by atoms with Crippen LogP contribution in [0.25, 0.3) is 0 Å². The Morgan fingerprint density at radius 2 is 1.81 bits per heavy atom. The number of benzene rings is 3. The minimum absolute atomic E-state index is 0.0574. The van der Waals surface area contributed by atoms with Gasteiger partial charge in [-0.05, 0) is 53.6 Å². The maximum atomic E-state index is 13.5. The number of carbonyl (C=O) groups excluding carboxylic acids is 3. The van der Waals surface area contributed by atoms with E-state index in [2.05, 4.69) is 5.10 Å². The van der Waals surface area contributed by atoms with Crippen molar-refractivity contribution >= 4 is 46.3 Å². The van der Waals surface area contributed by atoms with Gasteiger partial charge in [0.05, 0.1) is 35.0 Å². The SMILES string of the molecule is COc1ccc(C2CC(c3ccc([N+](=O)[O-])cc3)=NN2C(=O)CN2C(=O)C(=O)c3cc(Cl)ccc32)cc1. The van der Waals surface area contributed by atoms with Gasteiger partial charge in [-0.25, -0.2) is 5.01 Å². The summed E-state index contributed by atoms with van der Waals surface area (Å²) < 4.78 is 5.23. The number of carbonyl (C=O) groups is 3. The molecule has 0 bridgehead atoms. The van der Waals surface area contributed by atoms with Crippen LogP contribution in [0.5, 0.6) is 5.75 Å². The van der Waals surface area contributed by atoms with E-state index in [9.17, 15) is 24.5 Å². The van der Waals surface area contributed by atoms with E-state index in [0.29, 0.717) is 34.2 Å². The molecule has 2 heterocycles. The number of anilines is 1. The van der Waals surface area contributed by atoms with Crippen LogP contribution in [-0.4, -0.2) is 46.9 Å². The van der Waals surface area contributed by atoms with Gasteiger partial charge in [0.2, 0.25) is 0 Å². The molecule has 37 heavy (non-hydrogen) atoms. The van der Waals surface area contributed by atoms with Crippen molar-refractivity contribution in [2.45, 2.75) is 12.5 Å². The van der Waals surface area contributed by atoms with E-state index in [1.54, 1.807) is 37.4 Å². The van der Waals surface area contributed by atoms with Crippen LogP contribution < -0.4 is 9.64 Å². The quantitative estimate of drug-likeness (QED) is 0.274. The van der Waals surface area contributed by atoms with Crippen molar-refractivity contribution in [1.29, 1.82) is 0 Å². The number of nitrogens with zero attached hydrogens (tertiary/aromatic N) is 4. The lowest BCUT2D eigenvalue weighted by atomic mass is 9.98. The summed E-state index contributed by atoms with van der Waals surface area (Å²) in [6.07, 6.45) is 0.342. The van der Waals surface area contributed by atoms with Crippen molar-refractivity contribution < 1.29 is 24.0 Å². The van der Waals surface area contributed by atoms with E-state index < -0.39 is 35.1 Å². The molecule has 186 valence electrons. The van der Waals surface area contributed by atoms with Gasteiger partial charge in [-0.15, -0.1) is 0 Å². The number of ketones is 1. The number of halogens is 1. The number of nitro groups is 1. The predicted molar refractivity (Wildman–Crippen MR) is 135 cm³/mol. The van der Waals surface area contributed by atoms with Gasteiger partial charge in [0.25, 0.3) is 23.3 Å². The van der Waals surface area contributed by atoms with Crippen molar-refractivity contribution in [2.24, 2.45) is 5.10 Å². The average Bonchev–Trinajstić information content (AvgIpc) is 3.45. The highest BCUT2D eigenvalue weighted by Gasteiger charge is 2.40. The van der Waals surface area contributed by atoms with Gasteiger partial charge < -0.3 is 4.74 Å². The Morgan fingerprint density at radius 3 is 2.46 bits per heavy atom. The number of fused-ring (bicyclic) bond motifs is 1. The van der Waals surface area contributed by atoms with Crippen LogP contribution in [0.3, 0.4) is 0 Å². The number of hydrogen-bond donors (Lipinski definition) is 0. The second-order valence-corrected chi connectivity index (χ2v) is 8.90. The molecule has 2 amide bonds. The van der Waals surface area contributed by atoms with E-state index in [1.807, 2.05) is 12.1 Å². The second kappa shape index (κ2) is 9.47. The molecule has 3 aromatic rings. The Bertz CT molecular complexity index is 1470. The first kappa shape index (κ1) is 24.1. The van der Waals surface area contributed by atoms with Crippen molar-refractivity contribution in [1.82, 2.24) is 5.01 Å². The van der Waals surface area contributed by atoms with Gasteiger partial charge in [0, 0.05) is 23.6 Å². The molecule has 10 nitrogen and oxygen atoms in total. The lowest BCUT2D eigenvalue weighted by molar-refractivity contribution is -0.384. The standard InChI is InChI=1S/C26H19ClN4O6/c1-37-19-9-4-16(5-10-19)23-13-21(15-2-7-18(8-3-15)31(35)36)28-30(23)24(32)14-29-22-11-6-17(27)12-20(22)25(33)26(29)34/h2-12,23H,13-14H2,1H3. The molecule has 3 aromatic carbocycles. The highest BCUT2D eigenvalue weighted by atomic mass is 35.5. The summed E-state index contributed by atoms with van der Waals surface area (Å²) in [5, 5.41) is 17.2. The summed E-state index contributed by atoms with van der Waals surface area (Å²) in [7, 11) is 1.55. The zero-order chi connectivity index (χ0) is 26.3. The zero-order valence-corrected chi connectivity index (χ0v) is 20.2. The van der Waals surface area contributed by atoms with Crippen LogP contribution in [0.15, 0.2) is 71.8 Å². The topological polar surface area (TPSA) is 122 Å². The van der Waals surface area contributed by atoms with Crippen molar-refractivity contribution in [3.05, 3.63) is 98.6 Å². The fraction of sp³-hybridized carbons (Fsp3) is 0.154. The van der Waals surface area contributed by atoms with Gasteiger partial charge in [-0.2, -0.15) is 5.10 Å². The summed E-state index contributed by atoms with van der Waals surface area (Å²) in [6, 6.07) is 17.1. The summed E-state index contributed by atoms with van der Waals surface area (Å²) in [6.45, 7) is -0.400. The zero-order valence-electron chi connectivity index (χ0n) is 19.5. The monoisotopic (exact) mass is 518 g/mol. The van der Waals surface area contributed by atoms with E-state index in [-0.39, 0.29) is 11.3 Å². The highest BCUT2D eigenvalue weighted by molar-refractivity contribution is 6.53. The fourth-order valence-electron chi connectivity index (χ4n) is 4.41. The van der Waals surface area contributed by atoms with E-state index in [0.717, 1.165) is 10.5 Å². The van der Waals surface area contributed by atoms with E-state index >= 15 is 0 Å². The van der Waals surface area contributed by atoms with Crippen LogP contribution in [-0.2, 0) is 9.59 Å². The molecule has 0 saturated carbocycles. The van der Waals surface area contributed by atoms with Crippen molar-refractivity contribution in [3.8, 4) is 5.75 Å². The number of rotatable bonds is 6. The summed E-state index contributed by atoms with van der Waals surface area (Å²) >= 11 is 5.98. The number of nitro benzene ring substituents is 1. The molecular formula is C26H19ClN4O6. The van der Waals surface area contributed by atoms with Crippen LogP contribution in [0.4, 0.5) is 11.4 Å². The summed E-state index contributed by atoms with van der Waals surface area (Å²) in [5.74, 6) is -1.40. The maximum absolute atomic E-state index is 13.5. The number of amides is 2. The lowest BCUT2D eigenvalue weighted by Crippen LogP contribution is -2.40. The first-order chi connectivity index (χ1) is 17.8. The van der Waals surface area contributed by atoms with E-state index in [4.69, 9.17) is 16.3 Å². The molecule has 1 unspecified atom stereocenters. The molecule has 0 fully saturated rings. The fourth-order valence-corrected chi connectivity index (χ4v) is 4.59. The number of ether oxygens (including phenoxy) is 1. The van der Waals surface area contributed by atoms with Gasteiger partial charge in [0.15, 0.2) is 0 Å². The second-order valence-electron chi connectivity index (χ2n) is 8.46.